The minimum atomic E-state index is -0.533. The first kappa shape index (κ1) is 15.2. The summed E-state index contributed by atoms with van der Waals surface area (Å²) in [6.45, 7) is 1.77. The van der Waals surface area contributed by atoms with Crippen LogP contribution in [0.3, 0.4) is 0 Å². The van der Waals surface area contributed by atoms with E-state index in [2.05, 4.69) is 10.6 Å². The van der Waals surface area contributed by atoms with E-state index in [4.69, 9.17) is 9.47 Å². The van der Waals surface area contributed by atoms with Crippen LogP contribution in [0.4, 0.5) is 11.4 Å². The number of carbonyl (C=O) groups is 1. The van der Waals surface area contributed by atoms with Crippen molar-refractivity contribution < 1.29 is 19.2 Å². The van der Waals surface area contributed by atoms with Crippen molar-refractivity contribution in [1.82, 2.24) is 5.32 Å². The third-order valence-electron chi connectivity index (χ3n) is 3.10. The number of hydrogen-bond donors (Lipinski definition) is 2. The van der Waals surface area contributed by atoms with Gasteiger partial charge in [0.15, 0.2) is 0 Å². The highest BCUT2D eigenvalue weighted by Crippen LogP contribution is 2.21. The number of rotatable bonds is 5. The SMILES string of the molecule is CNc1ccc([N+](=O)[O-])cc1C(=O)NCC1COCCO1. The summed E-state index contributed by atoms with van der Waals surface area (Å²) in [5.74, 6) is -0.391. The molecular weight excluding hydrogens is 278 g/mol. The predicted octanol–water partition coefficient (Wildman–Crippen LogP) is 0.782. The van der Waals surface area contributed by atoms with Gasteiger partial charge < -0.3 is 20.1 Å². The molecule has 0 spiro atoms. The van der Waals surface area contributed by atoms with Crippen LogP contribution in [0.2, 0.25) is 0 Å². The van der Waals surface area contributed by atoms with E-state index in [1.165, 1.54) is 18.2 Å². The maximum absolute atomic E-state index is 12.2. The Morgan fingerprint density at radius 2 is 2.29 bits per heavy atom. The number of amides is 1. The molecule has 1 aromatic carbocycles. The summed E-state index contributed by atoms with van der Waals surface area (Å²) in [6, 6.07) is 4.10. The quantitative estimate of drug-likeness (QED) is 0.614. The number of ether oxygens (including phenoxy) is 2. The van der Waals surface area contributed by atoms with Crippen LogP contribution in [0.25, 0.3) is 0 Å². The summed E-state index contributed by atoms with van der Waals surface area (Å²) in [5, 5.41) is 16.3. The number of nitrogens with one attached hydrogen (secondary N) is 2. The monoisotopic (exact) mass is 295 g/mol. The van der Waals surface area contributed by atoms with Gasteiger partial charge in [0, 0.05) is 31.4 Å². The molecule has 21 heavy (non-hydrogen) atoms. The lowest BCUT2D eigenvalue weighted by Gasteiger charge is -2.23. The Morgan fingerprint density at radius 3 is 2.90 bits per heavy atom. The molecule has 0 bridgehead atoms. The van der Waals surface area contributed by atoms with E-state index >= 15 is 0 Å². The fourth-order valence-corrected chi connectivity index (χ4v) is 2.01. The Hall–Kier alpha value is -2.19. The Kier molecular flexibility index (Phi) is 5.07. The summed E-state index contributed by atoms with van der Waals surface area (Å²) in [5.41, 5.74) is 0.624. The third-order valence-corrected chi connectivity index (χ3v) is 3.10. The number of nitrogens with zero attached hydrogens (tertiary/aromatic N) is 1. The zero-order valence-corrected chi connectivity index (χ0v) is 11.6. The van der Waals surface area contributed by atoms with Crippen LogP contribution < -0.4 is 10.6 Å². The summed E-state index contributed by atoms with van der Waals surface area (Å²) in [4.78, 5) is 22.4. The number of benzene rings is 1. The van der Waals surface area contributed by atoms with E-state index in [0.29, 0.717) is 32.1 Å². The van der Waals surface area contributed by atoms with Gasteiger partial charge in [-0.1, -0.05) is 0 Å². The van der Waals surface area contributed by atoms with Crippen LogP contribution in [0, 0.1) is 10.1 Å². The van der Waals surface area contributed by atoms with Gasteiger partial charge in [0.2, 0.25) is 0 Å². The molecule has 1 heterocycles. The van der Waals surface area contributed by atoms with Crippen molar-refractivity contribution in [2.24, 2.45) is 0 Å². The lowest BCUT2D eigenvalue weighted by atomic mass is 10.1. The number of non-ortho nitro benzene ring substituents is 1. The highest BCUT2D eigenvalue weighted by atomic mass is 16.6. The second kappa shape index (κ2) is 7.00. The maximum Gasteiger partial charge on any atom is 0.270 e. The van der Waals surface area contributed by atoms with E-state index in [1.54, 1.807) is 7.05 Å². The Balaban J connectivity index is 2.06. The molecule has 1 aromatic rings. The number of carbonyl (C=O) groups excluding carboxylic acids is 1. The molecule has 1 amide bonds. The fraction of sp³-hybridized carbons (Fsp3) is 0.462. The zero-order valence-electron chi connectivity index (χ0n) is 11.6. The first-order valence-electron chi connectivity index (χ1n) is 6.55. The molecule has 8 nitrogen and oxygen atoms in total. The molecule has 2 rings (SSSR count). The van der Waals surface area contributed by atoms with E-state index in [1.807, 2.05) is 0 Å². The predicted molar refractivity (Wildman–Crippen MR) is 75.5 cm³/mol. The molecule has 1 saturated heterocycles. The minimum Gasteiger partial charge on any atom is -0.387 e. The Bertz CT molecular complexity index is 529. The molecule has 0 saturated carbocycles. The van der Waals surface area contributed by atoms with Crippen LogP contribution in [-0.2, 0) is 9.47 Å². The van der Waals surface area contributed by atoms with E-state index in [0.717, 1.165) is 0 Å². The summed E-state index contributed by atoms with van der Waals surface area (Å²) >= 11 is 0. The fourth-order valence-electron chi connectivity index (χ4n) is 2.01. The van der Waals surface area contributed by atoms with Gasteiger partial charge in [-0.2, -0.15) is 0 Å². The van der Waals surface area contributed by atoms with Crippen LogP contribution in [0.1, 0.15) is 10.4 Å². The Labute approximate surface area is 121 Å². The highest BCUT2D eigenvalue weighted by molar-refractivity contribution is 6.00. The molecule has 2 N–H and O–H groups in total. The van der Waals surface area contributed by atoms with Crippen molar-refractivity contribution in [3.05, 3.63) is 33.9 Å². The number of nitro benzene ring substituents is 1. The number of hydrogen-bond acceptors (Lipinski definition) is 6. The standard InChI is InChI=1S/C13H17N3O5/c1-14-12-3-2-9(16(18)19)6-11(12)13(17)15-7-10-8-20-4-5-21-10/h2-3,6,10,14H,4-5,7-8H2,1H3,(H,15,17). The van der Waals surface area contributed by atoms with Gasteiger partial charge in [-0.3, -0.25) is 14.9 Å². The van der Waals surface area contributed by atoms with Crippen molar-refractivity contribution in [3.63, 3.8) is 0 Å². The number of anilines is 1. The maximum atomic E-state index is 12.2. The molecule has 0 aliphatic carbocycles. The molecule has 1 unspecified atom stereocenters. The largest absolute Gasteiger partial charge is 0.387 e. The highest BCUT2D eigenvalue weighted by Gasteiger charge is 2.19. The van der Waals surface area contributed by atoms with Crippen molar-refractivity contribution in [3.8, 4) is 0 Å². The van der Waals surface area contributed by atoms with Crippen molar-refractivity contribution in [2.75, 3.05) is 38.7 Å². The van der Waals surface area contributed by atoms with Gasteiger partial charge in [0.25, 0.3) is 11.6 Å². The number of nitro groups is 1. The summed E-state index contributed by atoms with van der Waals surface area (Å²) < 4.78 is 10.7. The van der Waals surface area contributed by atoms with Crippen molar-refractivity contribution in [1.29, 1.82) is 0 Å². The molecule has 1 aliphatic rings. The van der Waals surface area contributed by atoms with Gasteiger partial charge in [0.05, 0.1) is 36.4 Å². The molecule has 1 fully saturated rings. The van der Waals surface area contributed by atoms with Gasteiger partial charge in [-0.15, -0.1) is 0 Å². The lowest BCUT2D eigenvalue weighted by Crippen LogP contribution is -2.39. The molecule has 1 atom stereocenters. The van der Waals surface area contributed by atoms with Crippen LogP contribution in [0.5, 0.6) is 0 Å². The average Bonchev–Trinajstić information content (AvgIpc) is 2.52. The Morgan fingerprint density at radius 1 is 1.48 bits per heavy atom. The normalized spacial score (nSPS) is 18.0. The molecule has 0 aromatic heterocycles. The first-order valence-corrected chi connectivity index (χ1v) is 6.55. The lowest BCUT2D eigenvalue weighted by molar-refractivity contribution is -0.384. The van der Waals surface area contributed by atoms with E-state index in [9.17, 15) is 14.9 Å². The molecule has 8 heteroatoms. The first-order chi connectivity index (χ1) is 10.1. The molecule has 1 aliphatic heterocycles. The average molecular weight is 295 g/mol. The molecular formula is C13H17N3O5. The van der Waals surface area contributed by atoms with Crippen LogP contribution in [-0.4, -0.2) is 50.3 Å². The van der Waals surface area contributed by atoms with Crippen LogP contribution >= 0.6 is 0 Å². The smallest absolute Gasteiger partial charge is 0.270 e. The van der Waals surface area contributed by atoms with Crippen LogP contribution in [0.15, 0.2) is 18.2 Å². The zero-order chi connectivity index (χ0) is 15.2. The summed E-state index contributed by atoms with van der Waals surface area (Å²) in [7, 11) is 1.65. The van der Waals surface area contributed by atoms with E-state index < -0.39 is 10.8 Å². The second-order valence-electron chi connectivity index (χ2n) is 4.51. The van der Waals surface area contributed by atoms with Gasteiger partial charge in [-0.05, 0) is 6.07 Å². The molecule has 114 valence electrons. The van der Waals surface area contributed by atoms with Gasteiger partial charge in [-0.25, -0.2) is 0 Å². The summed E-state index contributed by atoms with van der Waals surface area (Å²) in [6.07, 6.45) is -0.195. The van der Waals surface area contributed by atoms with E-state index in [-0.39, 0.29) is 17.4 Å². The molecule has 0 radical (unpaired) electrons. The topological polar surface area (TPSA) is 103 Å². The second-order valence-corrected chi connectivity index (χ2v) is 4.51. The minimum absolute atomic E-state index is 0.128. The third kappa shape index (κ3) is 3.89. The van der Waals surface area contributed by atoms with Gasteiger partial charge in [0.1, 0.15) is 0 Å². The van der Waals surface area contributed by atoms with Crippen molar-refractivity contribution in [2.45, 2.75) is 6.10 Å². The van der Waals surface area contributed by atoms with Gasteiger partial charge >= 0.3 is 0 Å². The van der Waals surface area contributed by atoms with Crippen molar-refractivity contribution >= 4 is 17.3 Å².